The fourth-order valence-electron chi connectivity index (χ4n) is 2.24. The number of nitrogens with two attached hydrogens (primary N) is 1. The lowest BCUT2D eigenvalue weighted by Gasteiger charge is -2.20. The number of H-pyrrole nitrogens is 1. The summed E-state index contributed by atoms with van der Waals surface area (Å²) in [6.45, 7) is -0.216. The molecule has 4 N–H and O–H groups in total. The normalized spacial score (nSPS) is 12.1. The Labute approximate surface area is 136 Å². The molecular formula is C13H16BrN3O4S. The van der Waals surface area contributed by atoms with Gasteiger partial charge in [-0.15, -0.1) is 0 Å². The molecule has 1 aromatic heterocycles. The Bertz CT molecular complexity index is 782. The van der Waals surface area contributed by atoms with Crippen LogP contribution >= 0.6 is 15.9 Å². The largest absolute Gasteiger partial charge is 0.395 e. The van der Waals surface area contributed by atoms with Crippen LogP contribution in [0.3, 0.4) is 0 Å². The second kappa shape index (κ2) is 6.78. The third kappa shape index (κ3) is 3.02. The minimum atomic E-state index is -3.97. The van der Waals surface area contributed by atoms with Gasteiger partial charge in [0.2, 0.25) is 10.0 Å². The van der Waals surface area contributed by atoms with E-state index in [1.54, 1.807) is 24.3 Å². The predicted molar refractivity (Wildman–Crippen MR) is 86.5 cm³/mol. The molecule has 120 valence electrons. The molecular weight excluding hydrogens is 374 g/mol. The summed E-state index contributed by atoms with van der Waals surface area (Å²) < 4.78 is 26.9. The summed E-state index contributed by atoms with van der Waals surface area (Å²) >= 11 is 3.19. The van der Waals surface area contributed by atoms with E-state index in [2.05, 4.69) is 20.9 Å². The molecule has 0 radical (unpaired) electrons. The lowest BCUT2D eigenvalue weighted by molar-refractivity contribution is 0.0993. The monoisotopic (exact) mass is 389 g/mol. The molecule has 0 aliphatic heterocycles. The highest BCUT2D eigenvalue weighted by Crippen LogP contribution is 2.29. The number of carbonyl (C=O) groups excluding carboxylic acids is 1. The van der Waals surface area contributed by atoms with Crippen LogP contribution in [0.25, 0.3) is 10.9 Å². The molecule has 2 aromatic rings. The van der Waals surface area contributed by atoms with Crippen LogP contribution in [0.4, 0.5) is 0 Å². The number of nitrogens with one attached hydrogen (secondary N) is 1. The first-order valence-corrected chi connectivity index (χ1v) is 9.07. The highest BCUT2D eigenvalue weighted by molar-refractivity contribution is 9.09. The van der Waals surface area contributed by atoms with Crippen molar-refractivity contribution in [3.8, 4) is 0 Å². The molecule has 1 aromatic carbocycles. The van der Waals surface area contributed by atoms with Gasteiger partial charge in [-0.05, 0) is 6.07 Å². The molecule has 0 saturated carbocycles. The standard InChI is InChI=1S/C13H16BrN3O4S/c14-5-6-17(7-8-18)22(20,21)12-9-3-1-2-4-10(9)16-11(12)13(15)19/h1-4,16,18H,5-8H2,(H2,15,19). The zero-order chi connectivity index (χ0) is 16.3. The molecule has 0 atom stereocenters. The number of halogens is 1. The molecule has 1 amide bonds. The van der Waals surface area contributed by atoms with Crippen molar-refractivity contribution in [2.45, 2.75) is 4.90 Å². The van der Waals surface area contributed by atoms with Gasteiger partial charge in [0.05, 0.1) is 6.61 Å². The average molecular weight is 390 g/mol. The van der Waals surface area contributed by atoms with Crippen molar-refractivity contribution in [3.63, 3.8) is 0 Å². The molecule has 0 saturated heterocycles. The van der Waals surface area contributed by atoms with Crippen LogP contribution in [-0.4, -0.2) is 53.7 Å². The number of aliphatic hydroxyl groups excluding tert-OH is 1. The van der Waals surface area contributed by atoms with Crippen molar-refractivity contribution in [2.24, 2.45) is 5.73 Å². The van der Waals surface area contributed by atoms with Gasteiger partial charge >= 0.3 is 0 Å². The Morgan fingerprint density at radius 2 is 2.00 bits per heavy atom. The van der Waals surface area contributed by atoms with Gasteiger partial charge < -0.3 is 15.8 Å². The molecule has 0 bridgehead atoms. The minimum Gasteiger partial charge on any atom is -0.395 e. The van der Waals surface area contributed by atoms with E-state index in [9.17, 15) is 13.2 Å². The number of sulfonamides is 1. The number of benzene rings is 1. The molecule has 0 aliphatic carbocycles. The Kier molecular flexibility index (Phi) is 5.22. The van der Waals surface area contributed by atoms with E-state index in [0.29, 0.717) is 16.2 Å². The van der Waals surface area contributed by atoms with Crippen LogP contribution < -0.4 is 5.73 Å². The molecule has 9 heteroatoms. The fraction of sp³-hybridized carbons (Fsp3) is 0.308. The summed E-state index contributed by atoms with van der Waals surface area (Å²) in [5, 5.41) is 9.90. The van der Waals surface area contributed by atoms with Crippen LogP contribution in [0.15, 0.2) is 29.2 Å². The van der Waals surface area contributed by atoms with Gasteiger partial charge in [0.1, 0.15) is 10.6 Å². The fourth-order valence-corrected chi connectivity index (χ4v) is 4.68. The number of aromatic amines is 1. The van der Waals surface area contributed by atoms with Crippen molar-refractivity contribution in [1.82, 2.24) is 9.29 Å². The van der Waals surface area contributed by atoms with Crippen molar-refractivity contribution >= 4 is 42.8 Å². The Hall–Kier alpha value is -1.42. The third-order valence-electron chi connectivity index (χ3n) is 3.19. The second-order valence-corrected chi connectivity index (χ2v) is 7.22. The van der Waals surface area contributed by atoms with Crippen LogP contribution in [-0.2, 0) is 10.0 Å². The number of carbonyl (C=O) groups is 1. The topological polar surface area (TPSA) is 116 Å². The van der Waals surface area contributed by atoms with Crippen molar-refractivity contribution in [3.05, 3.63) is 30.0 Å². The summed E-state index contributed by atoms with van der Waals surface area (Å²) in [4.78, 5) is 14.2. The Balaban J connectivity index is 2.70. The molecule has 0 aliphatic rings. The summed E-state index contributed by atoms with van der Waals surface area (Å²) in [6.07, 6.45) is 0. The number of hydrogen-bond donors (Lipinski definition) is 3. The molecule has 0 fully saturated rings. The third-order valence-corrected chi connectivity index (χ3v) is 5.53. The van der Waals surface area contributed by atoms with Crippen molar-refractivity contribution < 1.29 is 18.3 Å². The van der Waals surface area contributed by atoms with Crippen LogP contribution in [0.1, 0.15) is 10.5 Å². The highest BCUT2D eigenvalue weighted by Gasteiger charge is 2.31. The summed E-state index contributed by atoms with van der Waals surface area (Å²) in [5.74, 6) is -0.849. The Morgan fingerprint density at radius 1 is 1.32 bits per heavy atom. The maximum atomic E-state index is 12.9. The lowest BCUT2D eigenvalue weighted by Crippen LogP contribution is -2.36. The zero-order valence-electron chi connectivity index (χ0n) is 11.6. The minimum absolute atomic E-state index is 0.0638. The van der Waals surface area contributed by atoms with Crippen LogP contribution in [0.5, 0.6) is 0 Å². The first kappa shape index (κ1) is 16.9. The average Bonchev–Trinajstić information content (AvgIpc) is 2.87. The van der Waals surface area contributed by atoms with Gasteiger partial charge in [0.15, 0.2) is 0 Å². The number of amides is 1. The van der Waals surface area contributed by atoms with Crippen LogP contribution in [0, 0.1) is 0 Å². The van der Waals surface area contributed by atoms with Gasteiger partial charge in [-0.2, -0.15) is 4.31 Å². The molecule has 22 heavy (non-hydrogen) atoms. The number of aromatic nitrogens is 1. The van der Waals surface area contributed by atoms with Gasteiger partial charge in [0.25, 0.3) is 5.91 Å². The molecule has 1 heterocycles. The van der Waals surface area contributed by atoms with E-state index >= 15 is 0 Å². The maximum Gasteiger partial charge on any atom is 0.266 e. The van der Waals surface area contributed by atoms with Crippen molar-refractivity contribution in [1.29, 1.82) is 0 Å². The molecule has 0 unspecified atom stereocenters. The number of para-hydroxylation sites is 1. The van der Waals surface area contributed by atoms with E-state index in [-0.39, 0.29) is 30.3 Å². The maximum absolute atomic E-state index is 12.9. The van der Waals surface area contributed by atoms with Gasteiger partial charge in [-0.3, -0.25) is 4.79 Å². The van der Waals surface area contributed by atoms with Crippen LogP contribution in [0.2, 0.25) is 0 Å². The van der Waals surface area contributed by atoms with E-state index in [1.807, 2.05) is 0 Å². The highest BCUT2D eigenvalue weighted by atomic mass is 79.9. The quantitative estimate of drug-likeness (QED) is 0.602. The van der Waals surface area contributed by atoms with E-state index in [0.717, 1.165) is 4.31 Å². The van der Waals surface area contributed by atoms with E-state index < -0.39 is 15.9 Å². The number of alkyl halides is 1. The molecule has 2 rings (SSSR count). The zero-order valence-corrected chi connectivity index (χ0v) is 14.0. The number of rotatable bonds is 7. The first-order valence-electron chi connectivity index (χ1n) is 6.51. The predicted octanol–water partition coefficient (Wildman–Crippen LogP) is 0.645. The number of hydrogen-bond acceptors (Lipinski definition) is 4. The van der Waals surface area contributed by atoms with E-state index in [1.165, 1.54) is 0 Å². The van der Waals surface area contributed by atoms with Gasteiger partial charge in [0, 0.05) is 29.3 Å². The van der Waals surface area contributed by atoms with E-state index in [4.69, 9.17) is 10.8 Å². The number of fused-ring (bicyclic) bond motifs is 1. The SMILES string of the molecule is NC(=O)c1[nH]c2ccccc2c1S(=O)(=O)N(CCO)CCBr. The summed E-state index contributed by atoms with van der Waals surface area (Å²) in [7, 11) is -3.97. The summed E-state index contributed by atoms with van der Waals surface area (Å²) in [6, 6.07) is 6.68. The summed E-state index contributed by atoms with van der Waals surface area (Å²) in [5.41, 5.74) is 5.67. The number of primary amides is 1. The molecule has 0 spiro atoms. The van der Waals surface area contributed by atoms with Gasteiger partial charge in [-0.25, -0.2) is 8.42 Å². The molecule has 7 nitrogen and oxygen atoms in total. The second-order valence-electron chi connectivity index (χ2n) is 4.56. The number of aliphatic hydroxyl groups is 1. The number of nitrogens with zero attached hydrogens (tertiary/aromatic N) is 1. The smallest absolute Gasteiger partial charge is 0.266 e. The Morgan fingerprint density at radius 3 is 2.59 bits per heavy atom. The first-order chi connectivity index (χ1) is 10.4. The van der Waals surface area contributed by atoms with Crippen molar-refractivity contribution in [2.75, 3.05) is 25.0 Å². The lowest BCUT2D eigenvalue weighted by atomic mass is 10.2. The van der Waals surface area contributed by atoms with Gasteiger partial charge in [-0.1, -0.05) is 34.1 Å².